The maximum atomic E-state index is 14.4. The van der Waals surface area contributed by atoms with Crippen LogP contribution in [0.5, 0.6) is 0 Å². The highest BCUT2D eigenvalue weighted by Gasteiger charge is 2.21. The van der Waals surface area contributed by atoms with Gasteiger partial charge < -0.3 is 10.2 Å². The molecule has 0 amide bonds. The molecule has 0 aliphatic carbocycles. The van der Waals surface area contributed by atoms with Crippen molar-refractivity contribution in [3.8, 4) is 0 Å². The van der Waals surface area contributed by atoms with E-state index >= 15 is 0 Å². The van der Waals surface area contributed by atoms with E-state index in [2.05, 4.69) is 37.1 Å². The number of hydrogen-bond acceptors (Lipinski definition) is 2. The number of benzene rings is 1. The molecule has 1 saturated heterocycles. The minimum Gasteiger partial charge on any atom is -0.369 e. The van der Waals surface area contributed by atoms with E-state index in [0.29, 0.717) is 5.92 Å². The van der Waals surface area contributed by atoms with E-state index in [0.717, 1.165) is 30.9 Å². The largest absolute Gasteiger partial charge is 0.369 e. The van der Waals surface area contributed by atoms with Crippen molar-refractivity contribution in [2.75, 3.05) is 24.5 Å². The first-order valence-electron chi connectivity index (χ1n) is 7.93. The molecule has 1 aliphatic heterocycles. The molecule has 1 aliphatic rings. The molecule has 1 fully saturated rings. The van der Waals surface area contributed by atoms with Crippen molar-refractivity contribution < 1.29 is 4.39 Å². The second-order valence-corrected chi connectivity index (χ2v) is 5.85. The fraction of sp³-hybridized carbons (Fsp3) is 0.647. The van der Waals surface area contributed by atoms with E-state index < -0.39 is 0 Å². The van der Waals surface area contributed by atoms with Gasteiger partial charge >= 0.3 is 0 Å². The molecule has 0 spiro atoms. The van der Waals surface area contributed by atoms with Crippen LogP contribution >= 0.6 is 0 Å². The normalized spacial score (nSPS) is 21.0. The summed E-state index contributed by atoms with van der Waals surface area (Å²) in [7, 11) is 0. The summed E-state index contributed by atoms with van der Waals surface area (Å²) in [5, 5.41) is 3.32. The third-order valence-electron chi connectivity index (χ3n) is 4.42. The minimum atomic E-state index is -0.0796. The Morgan fingerprint density at radius 1 is 1.40 bits per heavy atom. The van der Waals surface area contributed by atoms with E-state index in [4.69, 9.17) is 0 Å². The van der Waals surface area contributed by atoms with Gasteiger partial charge in [-0.1, -0.05) is 26.3 Å². The van der Waals surface area contributed by atoms with Gasteiger partial charge in [-0.25, -0.2) is 4.39 Å². The van der Waals surface area contributed by atoms with Gasteiger partial charge in [-0.15, -0.1) is 0 Å². The molecule has 1 aromatic rings. The summed E-state index contributed by atoms with van der Waals surface area (Å²) in [6, 6.07) is 5.91. The van der Waals surface area contributed by atoms with E-state index in [-0.39, 0.29) is 11.9 Å². The van der Waals surface area contributed by atoms with Crippen molar-refractivity contribution in [2.24, 2.45) is 5.92 Å². The number of halogens is 1. The second-order valence-electron chi connectivity index (χ2n) is 5.85. The van der Waals surface area contributed by atoms with Gasteiger partial charge in [-0.2, -0.15) is 0 Å². The minimum absolute atomic E-state index is 0.0796. The zero-order valence-electron chi connectivity index (χ0n) is 13.0. The third-order valence-corrected chi connectivity index (χ3v) is 4.42. The van der Waals surface area contributed by atoms with Gasteiger partial charge in [0, 0.05) is 19.1 Å². The number of nitrogens with one attached hydrogen (secondary N) is 1. The van der Waals surface area contributed by atoms with Crippen LogP contribution in [-0.4, -0.2) is 19.6 Å². The lowest BCUT2D eigenvalue weighted by atomic mass is 9.95. The van der Waals surface area contributed by atoms with Crippen molar-refractivity contribution in [2.45, 2.75) is 46.1 Å². The van der Waals surface area contributed by atoms with Crippen LogP contribution in [0.2, 0.25) is 0 Å². The SMILES string of the molecule is CCNC(C)c1ccc(N2CCCC(CC)C2)c(F)c1. The summed E-state index contributed by atoms with van der Waals surface area (Å²) in [6.45, 7) is 9.25. The van der Waals surface area contributed by atoms with Crippen molar-refractivity contribution in [1.82, 2.24) is 5.32 Å². The topological polar surface area (TPSA) is 15.3 Å². The molecule has 2 unspecified atom stereocenters. The molecule has 1 aromatic carbocycles. The van der Waals surface area contributed by atoms with Gasteiger partial charge in [0.25, 0.3) is 0 Å². The number of anilines is 1. The molecule has 2 rings (SSSR count). The van der Waals surface area contributed by atoms with Crippen LogP contribution in [-0.2, 0) is 0 Å². The number of rotatable bonds is 5. The smallest absolute Gasteiger partial charge is 0.146 e. The molecule has 20 heavy (non-hydrogen) atoms. The molecule has 0 aromatic heterocycles. The van der Waals surface area contributed by atoms with Crippen LogP contribution in [0.25, 0.3) is 0 Å². The van der Waals surface area contributed by atoms with E-state index in [9.17, 15) is 4.39 Å². The monoisotopic (exact) mass is 278 g/mol. The molecule has 3 heteroatoms. The first-order valence-corrected chi connectivity index (χ1v) is 7.93. The summed E-state index contributed by atoms with van der Waals surface area (Å²) in [4.78, 5) is 2.22. The van der Waals surface area contributed by atoms with Crippen molar-refractivity contribution in [3.63, 3.8) is 0 Å². The molecule has 1 N–H and O–H groups in total. The van der Waals surface area contributed by atoms with Crippen LogP contribution in [0.3, 0.4) is 0 Å². The summed E-state index contributed by atoms with van der Waals surface area (Å²) in [5.74, 6) is 0.632. The highest BCUT2D eigenvalue weighted by Crippen LogP contribution is 2.28. The van der Waals surface area contributed by atoms with Crippen LogP contribution in [0, 0.1) is 11.7 Å². The standard InChI is InChI=1S/C17H27FN2/c1-4-14-7-6-10-20(12-14)17-9-8-15(11-16(17)18)13(3)19-5-2/h8-9,11,13-14,19H,4-7,10,12H2,1-3H3. The Hall–Kier alpha value is -1.09. The number of hydrogen-bond donors (Lipinski definition) is 1. The lowest BCUT2D eigenvalue weighted by Crippen LogP contribution is -2.35. The van der Waals surface area contributed by atoms with Crippen LogP contribution in [0.4, 0.5) is 10.1 Å². The summed E-state index contributed by atoms with van der Waals surface area (Å²) >= 11 is 0. The predicted molar refractivity (Wildman–Crippen MR) is 83.7 cm³/mol. The zero-order valence-corrected chi connectivity index (χ0v) is 13.0. The summed E-state index contributed by atoms with van der Waals surface area (Å²) in [6.07, 6.45) is 3.64. The maximum absolute atomic E-state index is 14.4. The van der Waals surface area contributed by atoms with Crippen LogP contribution in [0.1, 0.15) is 51.6 Å². The third kappa shape index (κ3) is 3.51. The summed E-state index contributed by atoms with van der Waals surface area (Å²) in [5.41, 5.74) is 1.80. The molecular weight excluding hydrogens is 251 g/mol. The quantitative estimate of drug-likeness (QED) is 0.871. The van der Waals surface area contributed by atoms with Gasteiger partial charge in [-0.05, 0) is 49.9 Å². The van der Waals surface area contributed by atoms with Gasteiger partial charge in [0.05, 0.1) is 5.69 Å². The Bertz CT molecular complexity index is 433. The Kier molecular flexibility index (Phi) is 5.41. The van der Waals surface area contributed by atoms with Gasteiger partial charge in [0.2, 0.25) is 0 Å². The molecule has 0 radical (unpaired) electrons. The van der Waals surface area contributed by atoms with Crippen molar-refractivity contribution in [3.05, 3.63) is 29.6 Å². The van der Waals surface area contributed by atoms with Gasteiger partial charge in [-0.3, -0.25) is 0 Å². The fourth-order valence-electron chi connectivity index (χ4n) is 3.09. The molecule has 112 valence electrons. The van der Waals surface area contributed by atoms with E-state index in [1.807, 2.05) is 6.07 Å². The van der Waals surface area contributed by atoms with E-state index in [1.165, 1.54) is 19.3 Å². The average Bonchev–Trinajstić information content (AvgIpc) is 2.47. The predicted octanol–water partition coefficient (Wildman–Crippen LogP) is 4.12. The summed E-state index contributed by atoms with van der Waals surface area (Å²) < 4.78 is 14.4. The Balaban J connectivity index is 2.13. The van der Waals surface area contributed by atoms with Gasteiger partial charge in [0.15, 0.2) is 0 Å². The second kappa shape index (κ2) is 7.07. The Morgan fingerprint density at radius 3 is 2.85 bits per heavy atom. The molecule has 1 heterocycles. The lowest BCUT2D eigenvalue weighted by Gasteiger charge is -2.34. The zero-order chi connectivity index (χ0) is 14.5. The first kappa shape index (κ1) is 15.3. The highest BCUT2D eigenvalue weighted by molar-refractivity contribution is 5.50. The molecule has 2 atom stereocenters. The van der Waals surface area contributed by atoms with Crippen molar-refractivity contribution >= 4 is 5.69 Å². The maximum Gasteiger partial charge on any atom is 0.146 e. The molecule has 0 bridgehead atoms. The number of piperidine rings is 1. The number of nitrogens with zero attached hydrogens (tertiary/aromatic N) is 1. The molecular formula is C17H27FN2. The van der Waals surface area contributed by atoms with Crippen LogP contribution < -0.4 is 10.2 Å². The lowest BCUT2D eigenvalue weighted by molar-refractivity contribution is 0.401. The van der Waals surface area contributed by atoms with Crippen molar-refractivity contribution in [1.29, 1.82) is 0 Å². The first-order chi connectivity index (χ1) is 9.65. The fourth-order valence-corrected chi connectivity index (χ4v) is 3.09. The highest BCUT2D eigenvalue weighted by atomic mass is 19.1. The Morgan fingerprint density at radius 2 is 2.20 bits per heavy atom. The Labute approximate surface area is 122 Å². The molecule has 0 saturated carbocycles. The van der Waals surface area contributed by atoms with Gasteiger partial charge in [0.1, 0.15) is 5.82 Å². The van der Waals surface area contributed by atoms with E-state index in [1.54, 1.807) is 6.07 Å². The molecule has 2 nitrogen and oxygen atoms in total. The van der Waals surface area contributed by atoms with Crippen LogP contribution in [0.15, 0.2) is 18.2 Å². The average molecular weight is 278 g/mol.